The second kappa shape index (κ2) is 11.6. The predicted molar refractivity (Wildman–Crippen MR) is 116 cm³/mol. The predicted octanol–water partition coefficient (Wildman–Crippen LogP) is 4.75. The molecule has 1 aliphatic heterocycles. The van der Waals surface area contributed by atoms with Gasteiger partial charge in [0, 0.05) is 0 Å². The molecule has 4 unspecified atom stereocenters. The quantitative estimate of drug-likeness (QED) is 0.382. The van der Waals surface area contributed by atoms with Gasteiger partial charge in [-0.05, 0) is 17.4 Å². The third-order valence-corrected chi connectivity index (χ3v) is 6.39. The van der Waals surface area contributed by atoms with E-state index in [9.17, 15) is 22.8 Å². The lowest BCUT2D eigenvalue weighted by molar-refractivity contribution is -0.211. The minimum Gasteiger partial charge on any atom is -0.374 e. The lowest BCUT2D eigenvalue weighted by Crippen LogP contribution is -2.59. The van der Waals surface area contributed by atoms with Gasteiger partial charge in [-0.3, -0.25) is 9.59 Å². The number of ether oxygens (including phenoxy) is 2. The molecule has 180 valence electrons. The first-order valence-corrected chi connectivity index (χ1v) is 11.5. The van der Waals surface area contributed by atoms with E-state index in [1.807, 2.05) is 37.3 Å². The van der Waals surface area contributed by atoms with Crippen LogP contribution < -0.4 is 5.32 Å². The minimum atomic E-state index is -5.06. The first kappa shape index (κ1) is 27.6. The van der Waals surface area contributed by atoms with Crippen molar-refractivity contribution in [3.8, 4) is 0 Å². The van der Waals surface area contributed by atoms with Gasteiger partial charge in [0.1, 0.15) is 0 Å². The SMILES string of the molecule is C[C@@H]1C(NC(=O)C(Cl)(Cl)Cl)C(OPC(=O)C(F)(F)F)OC(COCc2ccccc2)[C@@H]1C. The van der Waals surface area contributed by atoms with Crippen molar-refractivity contribution in [3.05, 3.63) is 35.9 Å². The molecule has 0 aromatic heterocycles. The number of halogens is 6. The molecular formula is C19H22Cl3F3NO5P. The van der Waals surface area contributed by atoms with Crippen LogP contribution in [0.15, 0.2) is 30.3 Å². The first-order chi connectivity index (χ1) is 14.8. The van der Waals surface area contributed by atoms with Gasteiger partial charge in [-0.25, -0.2) is 0 Å². The van der Waals surface area contributed by atoms with Crippen molar-refractivity contribution in [1.29, 1.82) is 0 Å². The van der Waals surface area contributed by atoms with Crippen LogP contribution in [0.4, 0.5) is 13.2 Å². The Morgan fingerprint density at radius 2 is 1.75 bits per heavy atom. The molecule has 0 spiro atoms. The van der Waals surface area contributed by atoms with Gasteiger partial charge in [0.2, 0.25) is 0 Å². The second-order valence-corrected chi connectivity index (χ2v) is 10.5. The van der Waals surface area contributed by atoms with E-state index in [0.29, 0.717) is 6.61 Å². The summed E-state index contributed by atoms with van der Waals surface area (Å²) in [5, 5.41) is 2.44. The van der Waals surface area contributed by atoms with Crippen molar-refractivity contribution >= 4 is 55.0 Å². The molecule has 32 heavy (non-hydrogen) atoms. The first-order valence-electron chi connectivity index (χ1n) is 9.48. The van der Waals surface area contributed by atoms with Crippen LogP contribution >= 0.6 is 43.6 Å². The molecule has 6 nitrogen and oxygen atoms in total. The van der Waals surface area contributed by atoms with Crippen molar-refractivity contribution in [2.75, 3.05) is 6.61 Å². The maximum Gasteiger partial charge on any atom is 0.456 e. The summed E-state index contributed by atoms with van der Waals surface area (Å²) in [5.74, 6) is -1.58. The number of hydrogen-bond acceptors (Lipinski definition) is 5. The summed E-state index contributed by atoms with van der Waals surface area (Å²) < 4.78 is 52.2. The largest absolute Gasteiger partial charge is 0.456 e. The standard InChI is InChI=1S/C19H22Cl3F3NO5P/c1-10-11(2)14(26-16(27)18(20,21)22)15(31-32-17(28)19(23,24)25)30-13(10)9-29-8-12-6-4-3-5-7-12/h3-7,10-11,13-15,32H,8-9H2,1-2H3,(H,26,27)/t10-,11+,13?,14?,15?/m1/s1. The molecule has 0 aliphatic carbocycles. The van der Waals surface area contributed by atoms with E-state index in [1.165, 1.54) is 0 Å². The Hall–Kier alpha value is -0.670. The summed E-state index contributed by atoms with van der Waals surface area (Å²) >= 11 is 16.8. The lowest BCUT2D eigenvalue weighted by atomic mass is 9.82. The molecule has 1 saturated heterocycles. The third kappa shape index (κ3) is 7.97. The Bertz CT molecular complexity index is 782. The second-order valence-electron chi connectivity index (χ2n) is 7.31. The highest BCUT2D eigenvalue weighted by molar-refractivity contribution is 7.53. The molecule has 0 saturated carbocycles. The molecule has 1 amide bonds. The Morgan fingerprint density at radius 1 is 1.12 bits per heavy atom. The highest BCUT2D eigenvalue weighted by Gasteiger charge is 2.46. The van der Waals surface area contributed by atoms with E-state index in [4.69, 9.17) is 48.8 Å². The van der Waals surface area contributed by atoms with E-state index >= 15 is 0 Å². The van der Waals surface area contributed by atoms with Crippen LogP contribution in [-0.2, 0) is 30.2 Å². The van der Waals surface area contributed by atoms with Gasteiger partial charge < -0.3 is 19.3 Å². The Morgan fingerprint density at radius 3 is 2.31 bits per heavy atom. The molecule has 1 N–H and O–H groups in total. The number of rotatable bonds is 8. The van der Waals surface area contributed by atoms with Crippen molar-refractivity contribution < 1.29 is 36.8 Å². The molecule has 6 atom stereocenters. The molecule has 1 fully saturated rings. The summed E-state index contributed by atoms with van der Waals surface area (Å²) in [6, 6.07) is 8.39. The van der Waals surface area contributed by atoms with Crippen LogP contribution in [0.2, 0.25) is 0 Å². The summed E-state index contributed by atoms with van der Waals surface area (Å²) in [5.41, 5.74) is -1.13. The van der Waals surface area contributed by atoms with Crippen LogP contribution in [0.1, 0.15) is 19.4 Å². The summed E-state index contributed by atoms with van der Waals surface area (Å²) in [6.07, 6.45) is -7.02. The number of benzene rings is 1. The minimum absolute atomic E-state index is 0.113. The van der Waals surface area contributed by atoms with E-state index in [-0.39, 0.29) is 18.4 Å². The monoisotopic (exact) mass is 537 g/mol. The van der Waals surface area contributed by atoms with E-state index < -0.39 is 48.6 Å². The zero-order valence-corrected chi connectivity index (χ0v) is 20.3. The number of carbonyl (C=O) groups is 2. The van der Waals surface area contributed by atoms with Gasteiger partial charge in [-0.1, -0.05) is 79.0 Å². The van der Waals surface area contributed by atoms with Gasteiger partial charge in [0.05, 0.1) is 34.2 Å². The van der Waals surface area contributed by atoms with Crippen molar-refractivity contribution in [3.63, 3.8) is 0 Å². The molecular weight excluding hydrogens is 517 g/mol. The van der Waals surface area contributed by atoms with Crippen LogP contribution in [-0.4, -0.2) is 46.4 Å². The van der Waals surface area contributed by atoms with Crippen LogP contribution in [0.3, 0.4) is 0 Å². The Balaban J connectivity index is 2.10. The summed E-state index contributed by atoms with van der Waals surface area (Å²) in [4.78, 5) is 23.4. The van der Waals surface area contributed by atoms with Crippen molar-refractivity contribution in [2.45, 2.75) is 48.9 Å². The highest BCUT2D eigenvalue weighted by atomic mass is 35.6. The number of alkyl halides is 6. The average molecular weight is 539 g/mol. The number of carbonyl (C=O) groups excluding carboxylic acids is 2. The maximum atomic E-state index is 12.6. The zero-order valence-electron chi connectivity index (χ0n) is 17.0. The highest BCUT2D eigenvalue weighted by Crippen LogP contribution is 2.37. The fourth-order valence-corrected chi connectivity index (χ4v) is 3.76. The zero-order chi connectivity index (χ0) is 24.1. The molecule has 0 radical (unpaired) electrons. The number of nitrogens with one attached hydrogen (secondary N) is 1. The van der Waals surface area contributed by atoms with Crippen molar-refractivity contribution in [1.82, 2.24) is 5.32 Å². The summed E-state index contributed by atoms with van der Waals surface area (Å²) in [6.45, 7) is 3.98. The van der Waals surface area contributed by atoms with Gasteiger partial charge >= 0.3 is 6.18 Å². The molecule has 2 rings (SSSR count). The van der Waals surface area contributed by atoms with Gasteiger partial charge in [-0.2, -0.15) is 13.2 Å². The molecule has 1 aliphatic rings. The smallest absolute Gasteiger partial charge is 0.374 e. The average Bonchev–Trinajstić information content (AvgIpc) is 2.71. The Kier molecular flexibility index (Phi) is 10.0. The molecule has 1 aromatic rings. The lowest BCUT2D eigenvalue weighted by Gasteiger charge is -2.44. The van der Waals surface area contributed by atoms with E-state index in [1.54, 1.807) is 6.92 Å². The Labute approximate surface area is 200 Å². The van der Waals surface area contributed by atoms with Crippen LogP contribution in [0.5, 0.6) is 0 Å². The topological polar surface area (TPSA) is 73.9 Å². The van der Waals surface area contributed by atoms with Gasteiger partial charge in [0.15, 0.2) is 6.29 Å². The maximum absolute atomic E-state index is 12.6. The van der Waals surface area contributed by atoms with Gasteiger partial charge in [0.25, 0.3) is 15.2 Å². The van der Waals surface area contributed by atoms with Crippen molar-refractivity contribution in [2.24, 2.45) is 11.8 Å². The fourth-order valence-electron chi connectivity index (χ4n) is 3.06. The van der Waals surface area contributed by atoms with Gasteiger partial charge in [-0.15, -0.1) is 0 Å². The van der Waals surface area contributed by atoms with E-state index in [2.05, 4.69) is 5.32 Å². The normalized spacial score (nSPS) is 26.9. The van der Waals surface area contributed by atoms with E-state index in [0.717, 1.165) is 5.56 Å². The van der Waals surface area contributed by atoms with Crippen LogP contribution in [0, 0.1) is 11.8 Å². The molecule has 0 bridgehead atoms. The molecule has 1 aromatic carbocycles. The number of amides is 1. The molecule has 13 heteroatoms. The van der Waals surface area contributed by atoms with Crippen LogP contribution in [0.25, 0.3) is 0 Å². The number of hydrogen-bond donors (Lipinski definition) is 1. The third-order valence-electron chi connectivity index (χ3n) is 5.06. The fraction of sp³-hybridized carbons (Fsp3) is 0.579. The summed E-state index contributed by atoms with van der Waals surface area (Å²) in [7, 11) is -1.57. The molecule has 1 heterocycles.